The molecular weight excluding hydrogens is 440 g/mol. The Kier molecular flexibility index (Phi) is 5.85. The summed E-state index contributed by atoms with van der Waals surface area (Å²) in [5, 5.41) is 0. The van der Waals surface area contributed by atoms with Gasteiger partial charge in [-0.3, -0.25) is 0 Å². The summed E-state index contributed by atoms with van der Waals surface area (Å²) >= 11 is 0. The molecule has 3 saturated carbocycles. The predicted molar refractivity (Wildman–Crippen MR) is 150 cm³/mol. The van der Waals surface area contributed by atoms with Crippen LogP contribution in [0.1, 0.15) is 79.1 Å². The number of anilines is 2. The topological polar surface area (TPSA) is 61.3 Å². The molecule has 0 radical (unpaired) electrons. The Morgan fingerprint density at radius 3 is 2.78 bits per heavy atom. The molecular formula is C33H46N2O. The van der Waals surface area contributed by atoms with Crippen molar-refractivity contribution in [3.05, 3.63) is 53.6 Å². The molecule has 1 spiro atoms. The van der Waals surface area contributed by atoms with Crippen LogP contribution in [-0.4, -0.2) is 6.10 Å². The van der Waals surface area contributed by atoms with Crippen molar-refractivity contribution in [1.82, 2.24) is 0 Å². The van der Waals surface area contributed by atoms with Gasteiger partial charge in [-0.15, -0.1) is 0 Å². The van der Waals surface area contributed by atoms with E-state index in [1.54, 1.807) is 5.57 Å². The Bertz CT molecular complexity index is 1110. The molecule has 5 aliphatic rings. The van der Waals surface area contributed by atoms with Gasteiger partial charge in [0.2, 0.25) is 0 Å². The van der Waals surface area contributed by atoms with Crippen LogP contribution in [0.4, 0.5) is 11.4 Å². The Labute approximate surface area is 218 Å². The number of benzene rings is 1. The van der Waals surface area contributed by atoms with Gasteiger partial charge in [-0.1, -0.05) is 49.3 Å². The van der Waals surface area contributed by atoms with Gasteiger partial charge in [0.25, 0.3) is 0 Å². The maximum atomic E-state index is 6.42. The summed E-state index contributed by atoms with van der Waals surface area (Å²) in [7, 11) is 0. The first kappa shape index (κ1) is 24.2. The standard InChI is InChI=1S/C33H46N2O/c1-20(2)6-5-7-21(3)27-11-12-28-26-10-8-23-16-25(36-30-13-9-24(34)17-29(30)35)14-15-33(23)19-22(31(26)33)18-32(27,28)4/h6,8-10,13,17,19,21,23,25-28,31H,5,7,11-12,14-16,18,34-35H2,1-4H3. The molecule has 0 saturated heterocycles. The molecule has 0 aromatic heterocycles. The molecule has 3 nitrogen and oxygen atoms in total. The molecule has 9 unspecified atom stereocenters. The molecule has 1 aromatic carbocycles. The largest absolute Gasteiger partial charge is 0.488 e. The first-order chi connectivity index (χ1) is 17.2. The van der Waals surface area contributed by atoms with E-state index < -0.39 is 0 Å². The van der Waals surface area contributed by atoms with E-state index in [-0.39, 0.29) is 6.10 Å². The van der Waals surface area contributed by atoms with Crippen molar-refractivity contribution in [1.29, 1.82) is 0 Å². The Balaban J connectivity index is 1.18. The van der Waals surface area contributed by atoms with Gasteiger partial charge < -0.3 is 16.2 Å². The van der Waals surface area contributed by atoms with E-state index >= 15 is 0 Å². The van der Waals surface area contributed by atoms with E-state index in [9.17, 15) is 0 Å². The first-order valence-electron chi connectivity index (χ1n) is 14.6. The fraction of sp³-hybridized carbons (Fsp3) is 0.636. The van der Waals surface area contributed by atoms with Crippen LogP contribution in [0.25, 0.3) is 0 Å². The van der Waals surface area contributed by atoms with Crippen LogP contribution < -0.4 is 16.2 Å². The van der Waals surface area contributed by atoms with Crippen molar-refractivity contribution in [3.63, 3.8) is 0 Å². The molecule has 3 fully saturated rings. The molecule has 0 aliphatic heterocycles. The number of nitrogens with two attached hydrogens (primary N) is 2. The molecule has 36 heavy (non-hydrogen) atoms. The highest BCUT2D eigenvalue weighted by molar-refractivity contribution is 5.60. The van der Waals surface area contributed by atoms with Crippen LogP contribution in [0.3, 0.4) is 0 Å². The lowest BCUT2D eigenvalue weighted by Crippen LogP contribution is -2.58. The van der Waals surface area contributed by atoms with Gasteiger partial charge in [-0.25, -0.2) is 0 Å². The van der Waals surface area contributed by atoms with E-state index in [0.29, 0.717) is 28.1 Å². The normalized spacial score (nSPS) is 40.7. The van der Waals surface area contributed by atoms with Crippen molar-refractivity contribution in [2.75, 3.05) is 11.5 Å². The lowest BCUT2D eigenvalue weighted by molar-refractivity contribution is -0.0575. The van der Waals surface area contributed by atoms with Gasteiger partial charge in [-0.05, 0) is 124 Å². The summed E-state index contributed by atoms with van der Waals surface area (Å²) in [5.74, 6) is 5.46. The van der Waals surface area contributed by atoms with E-state index in [0.717, 1.165) is 48.2 Å². The summed E-state index contributed by atoms with van der Waals surface area (Å²) in [6.07, 6.45) is 20.9. The number of allylic oxidation sites excluding steroid dienone is 6. The molecule has 0 heterocycles. The van der Waals surface area contributed by atoms with Crippen LogP contribution in [0.2, 0.25) is 0 Å². The highest BCUT2D eigenvalue weighted by Gasteiger charge is 2.65. The van der Waals surface area contributed by atoms with Crippen molar-refractivity contribution < 1.29 is 4.74 Å². The summed E-state index contributed by atoms with van der Waals surface area (Å²) in [4.78, 5) is 0. The molecule has 6 rings (SSSR count). The summed E-state index contributed by atoms with van der Waals surface area (Å²) in [6.45, 7) is 9.67. The SMILES string of the molecule is CC(C)=CCCC(C)C1CCC2C3C=CC4CC(Oc5ccc(N)cc5N)CCC45C=C(CC12C)C35. The van der Waals surface area contributed by atoms with E-state index in [2.05, 4.69) is 52.0 Å². The van der Waals surface area contributed by atoms with Crippen LogP contribution >= 0.6 is 0 Å². The monoisotopic (exact) mass is 486 g/mol. The quantitative estimate of drug-likeness (QED) is 0.317. The Morgan fingerprint density at radius 2 is 2.00 bits per heavy atom. The van der Waals surface area contributed by atoms with Crippen molar-refractivity contribution >= 4 is 11.4 Å². The van der Waals surface area contributed by atoms with E-state index in [4.69, 9.17) is 16.2 Å². The summed E-state index contributed by atoms with van der Waals surface area (Å²) in [6, 6.07) is 5.63. The van der Waals surface area contributed by atoms with Crippen LogP contribution in [-0.2, 0) is 0 Å². The van der Waals surface area contributed by atoms with Crippen LogP contribution in [0, 0.1) is 46.3 Å². The van der Waals surface area contributed by atoms with Gasteiger partial charge in [0, 0.05) is 11.1 Å². The maximum absolute atomic E-state index is 6.42. The molecule has 4 N–H and O–H groups in total. The fourth-order valence-electron chi connectivity index (χ4n) is 9.68. The minimum absolute atomic E-state index is 0.233. The van der Waals surface area contributed by atoms with Gasteiger partial charge >= 0.3 is 0 Å². The molecule has 3 heteroatoms. The van der Waals surface area contributed by atoms with E-state index in [1.807, 2.05) is 18.2 Å². The highest BCUT2D eigenvalue weighted by Crippen LogP contribution is 2.73. The van der Waals surface area contributed by atoms with Crippen LogP contribution in [0.5, 0.6) is 5.75 Å². The lowest BCUT2D eigenvalue weighted by atomic mass is 9.39. The van der Waals surface area contributed by atoms with Gasteiger partial charge in [0.15, 0.2) is 0 Å². The fourth-order valence-corrected chi connectivity index (χ4v) is 9.68. The maximum Gasteiger partial charge on any atom is 0.142 e. The molecule has 1 aromatic rings. The third-order valence-corrected chi connectivity index (χ3v) is 11.2. The number of hydrogen-bond donors (Lipinski definition) is 2. The second-order valence-corrected chi connectivity index (χ2v) is 13.5. The first-order valence-corrected chi connectivity index (χ1v) is 14.6. The minimum atomic E-state index is 0.233. The van der Waals surface area contributed by atoms with Gasteiger partial charge in [0.05, 0.1) is 11.8 Å². The molecule has 0 amide bonds. The second kappa shape index (κ2) is 8.71. The zero-order chi connectivity index (χ0) is 25.2. The number of ether oxygens (including phenoxy) is 1. The van der Waals surface area contributed by atoms with Crippen molar-refractivity contribution in [2.45, 2.75) is 85.2 Å². The lowest BCUT2D eigenvalue weighted by Gasteiger charge is -2.65. The highest BCUT2D eigenvalue weighted by atomic mass is 16.5. The predicted octanol–water partition coefficient (Wildman–Crippen LogP) is 7.95. The van der Waals surface area contributed by atoms with E-state index in [1.165, 1.54) is 44.1 Å². The molecule has 194 valence electrons. The van der Waals surface area contributed by atoms with Crippen molar-refractivity contribution in [3.8, 4) is 5.75 Å². The molecule has 9 atom stereocenters. The van der Waals surface area contributed by atoms with Gasteiger partial charge in [0.1, 0.15) is 5.75 Å². The van der Waals surface area contributed by atoms with Crippen LogP contribution in [0.15, 0.2) is 53.6 Å². The zero-order valence-corrected chi connectivity index (χ0v) is 22.8. The summed E-state index contributed by atoms with van der Waals surface area (Å²) < 4.78 is 6.42. The number of fused-ring (bicyclic) bond motifs is 2. The number of rotatable bonds is 6. The average molecular weight is 487 g/mol. The average Bonchev–Trinajstić information content (AvgIpc) is 3.16. The minimum Gasteiger partial charge on any atom is -0.488 e. The van der Waals surface area contributed by atoms with Gasteiger partial charge in [-0.2, -0.15) is 0 Å². The third-order valence-electron chi connectivity index (χ3n) is 11.2. The number of hydrogen-bond acceptors (Lipinski definition) is 3. The number of nitrogen functional groups attached to an aromatic ring is 2. The second-order valence-electron chi connectivity index (χ2n) is 13.5. The van der Waals surface area contributed by atoms with Crippen molar-refractivity contribution in [2.24, 2.45) is 46.3 Å². The smallest absolute Gasteiger partial charge is 0.142 e. The Morgan fingerprint density at radius 1 is 1.17 bits per heavy atom. The zero-order valence-electron chi connectivity index (χ0n) is 22.8. The molecule has 5 aliphatic carbocycles. The summed E-state index contributed by atoms with van der Waals surface area (Å²) in [5.41, 5.74) is 17.5. The third kappa shape index (κ3) is 3.67. The molecule has 0 bridgehead atoms. The Hall–Kier alpha value is -2.16.